The Hall–Kier alpha value is -1.11. The van der Waals surface area contributed by atoms with Gasteiger partial charge in [0.15, 0.2) is 0 Å². The van der Waals surface area contributed by atoms with Gasteiger partial charge in [-0.25, -0.2) is 13.8 Å². The summed E-state index contributed by atoms with van der Waals surface area (Å²) in [4.78, 5) is 2.72. The second-order valence-electron chi connectivity index (χ2n) is 2.59. The number of rotatable bonds is 1. The first-order chi connectivity index (χ1) is 6.73. The average Bonchev–Trinajstić information content (AvgIpc) is 2.06. The van der Waals surface area contributed by atoms with Crippen molar-refractivity contribution in [2.45, 2.75) is 12.6 Å². The van der Waals surface area contributed by atoms with Crippen LogP contribution in [0.3, 0.4) is 0 Å². The highest BCUT2D eigenvalue weighted by atomic mass is 35.5. The minimum atomic E-state index is -4.83. The number of nitrogens with two attached hydrogens (primary N) is 1. The smallest absolute Gasteiger partial charge is 0.396 e. The van der Waals surface area contributed by atoms with Crippen molar-refractivity contribution in [2.75, 3.05) is 5.73 Å². The molecule has 0 aromatic carbocycles. The number of halogens is 6. The van der Waals surface area contributed by atoms with Crippen molar-refractivity contribution in [3.63, 3.8) is 0 Å². The Morgan fingerprint density at radius 1 is 1.33 bits per heavy atom. The van der Waals surface area contributed by atoms with Gasteiger partial charge in [-0.05, 0) is 6.07 Å². The number of nitrogens with zero attached hydrogens (tertiary/aromatic N) is 1. The maximum atomic E-state index is 12.2. The zero-order valence-electron chi connectivity index (χ0n) is 6.95. The van der Waals surface area contributed by atoms with Crippen LogP contribution in [-0.4, -0.2) is 4.98 Å². The molecule has 0 aliphatic rings. The normalized spacial score (nSPS) is 12.2. The molecule has 0 saturated heterocycles. The molecule has 8 heteroatoms. The Kier molecular flexibility index (Phi) is 3.03. The Morgan fingerprint density at radius 3 is 2.27 bits per heavy atom. The van der Waals surface area contributed by atoms with Crippen molar-refractivity contribution < 1.29 is 22.0 Å². The third kappa shape index (κ3) is 2.47. The maximum Gasteiger partial charge on any atom is 0.433 e. The van der Waals surface area contributed by atoms with Crippen LogP contribution in [0.5, 0.6) is 0 Å². The van der Waals surface area contributed by atoms with Crippen LogP contribution < -0.4 is 5.73 Å². The van der Waals surface area contributed by atoms with Gasteiger partial charge in [0.05, 0.1) is 10.7 Å². The highest BCUT2D eigenvalue weighted by Gasteiger charge is 2.34. The van der Waals surface area contributed by atoms with Crippen LogP contribution >= 0.6 is 11.6 Å². The molecule has 1 aromatic rings. The van der Waals surface area contributed by atoms with Gasteiger partial charge in [0.2, 0.25) is 0 Å². The molecular formula is C7H4ClF5N2. The van der Waals surface area contributed by atoms with Crippen molar-refractivity contribution in [3.05, 3.63) is 22.5 Å². The Bertz CT molecular complexity index is 376. The molecule has 0 atom stereocenters. The van der Waals surface area contributed by atoms with Gasteiger partial charge in [-0.2, -0.15) is 13.2 Å². The zero-order chi connectivity index (χ0) is 11.8. The standard InChI is InChI=1S/C7H4ClF5N2/c8-2-1-3(7(11,12)13)15-5(4(2)14)6(9)10/h1,6H,14H2. The summed E-state index contributed by atoms with van der Waals surface area (Å²) in [7, 11) is 0. The van der Waals surface area contributed by atoms with Crippen molar-refractivity contribution >= 4 is 17.3 Å². The van der Waals surface area contributed by atoms with Crippen LogP contribution in [0.2, 0.25) is 5.02 Å². The summed E-state index contributed by atoms with van der Waals surface area (Å²) < 4.78 is 60.8. The number of alkyl halides is 5. The zero-order valence-corrected chi connectivity index (χ0v) is 7.70. The number of nitrogen functional groups attached to an aromatic ring is 1. The van der Waals surface area contributed by atoms with E-state index in [-0.39, 0.29) is 0 Å². The van der Waals surface area contributed by atoms with E-state index in [4.69, 9.17) is 17.3 Å². The summed E-state index contributed by atoms with van der Waals surface area (Å²) in [6.45, 7) is 0. The molecule has 0 saturated carbocycles. The van der Waals surface area contributed by atoms with Crippen molar-refractivity contribution in [1.29, 1.82) is 0 Å². The van der Waals surface area contributed by atoms with E-state index in [0.717, 1.165) is 0 Å². The monoisotopic (exact) mass is 246 g/mol. The summed E-state index contributed by atoms with van der Waals surface area (Å²) in [5, 5.41) is -0.590. The van der Waals surface area contributed by atoms with E-state index in [1.807, 2.05) is 0 Å². The number of pyridine rings is 1. The molecule has 0 aliphatic carbocycles. The highest BCUT2D eigenvalue weighted by molar-refractivity contribution is 6.33. The van der Waals surface area contributed by atoms with Gasteiger partial charge in [0, 0.05) is 0 Å². The van der Waals surface area contributed by atoms with Gasteiger partial charge in [0.1, 0.15) is 11.4 Å². The lowest BCUT2D eigenvalue weighted by atomic mass is 10.2. The van der Waals surface area contributed by atoms with Gasteiger partial charge in [-0.3, -0.25) is 0 Å². The van der Waals surface area contributed by atoms with E-state index < -0.39 is 34.7 Å². The van der Waals surface area contributed by atoms with Crippen molar-refractivity contribution in [2.24, 2.45) is 0 Å². The summed E-state index contributed by atoms with van der Waals surface area (Å²) in [6, 6.07) is 0.406. The summed E-state index contributed by atoms with van der Waals surface area (Å²) >= 11 is 5.27. The molecule has 0 spiro atoms. The second kappa shape index (κ2) is 3.80. The molecule has 84 valence electrons. The number of hydrogen-bond donors (Lipinski definition) is 1. The molecule has 0 fully saturated rings. The van der Waals surface area contributed by atoms with E-state index in [2.05, 4.69) is 4.98 Å². The molecule has 0 amide bonds. The number of anilines is 1. The van der Waals surface area contributed by atoms with Gasteiger partial charge in [-0.15, -0.1) is 0 Å². The van der Waals surface area contributed by atoms with Gasteiger partial charge in [0.25, 0.3) is 6.43 Å². The van der Waals surface area contributed by atoms with Crippen LogP contribution in [0.15, 0.2) is 6.07 Å². The predicted octanol–water partition coefficient (Wildman–Crippen LogP) is 3.27. The number of aromatic nitrogens is 1. The third-order valence-electron chi connectivity index (χ3n) is 1.53. The second-order valence-corrected chi connectivity index (χ2v) is 2.99. The quantitative estimate of drug-likeness (QED) is 0.773. The largest absolute Gasteiger partial charge is 0.433 e. The van der Waals surface area contributed by atoms with E-state index >= 15 is 0 Å². The average molecular weight is 247 g/mol. The third-order valence-corrected chi connectivity index (χ3v) is 1.85. The fourth-order valence-electron chi connectivity index (χ4n) is 0.854. The SMILES string of the molecule is Nc1c(Cl)cc(C(F)(F)F)nc1C(F)F. The molecule has 2 nitrogen and oxygen atoms in total. The molecule has 2 N–H and O–H groups in total. The lowest BCUT2D eigenvalue weighted by Gasteiger charge is -2.10. The van der Waals surface area contributed by atoms with Crippen LogP contribution in [0, 0.1) is 0 Å². The Labute approximate surface area is 85.9 Å². The molecule has 0 aliphatic heterocycles. The fraction of sp³-hybridized carbons (Fsp3) is 0.286. The fourth-order valence-corrected chi connectivity index (χ4v) is 1.05. The minimum absolute atomic E-state index is 0.406. The summed E-state index contributed by atoms with van der Waals surface area (Å²) in [6.07, 6.45) is -8.04. The summed E-state index contributed by atoms with van der Waals surface area (Å²) in [5.41, 5.74) is 1.77. The van der Waals surface area contributed by atoms with E-state index in [0.29, 0.717) is 6.07 Å². The highest BCUT2D eigenvalue weighted by Crippen LogP contribution is 2.35. The van der Waals surface area contributed by atoms with Crippen LogP contribution in [0.25, 0.3) is 0 Å². The minimum Gasteiger partial charge on any atom is -0.396 e. The van der Waals surface area contributed by atoms with Crippen LogP contribution in [0.1, 0.15) is 17.8 Å². The molecule has 0 radical (unpaired) electrons. The molecule has 15 heavy (non-hydrogen) atoms. The topological polar surface area (TPSA) is 38.9 Å². The van der Waals surface area contributed by atoms with Gasteiger partial charge < -0.3 is 5.73 Å². The molecule has 0 unspecified atom stereocenters. The Morgan fingerprint density at radius 2 is 1.87 bits per heavy atom. The van der Waals surface area contributed by atoms with Crippen molar-refractivity contribution in [3.8, 4) is 0 Å². The van der Waals surface area contributed by atoms with E-state index in [1.54, 1.807) is 0 Å². The summed E-state index contributed by atoms with van der Waals surface area (Å²) in [5.74, 6) is 0. The van der Waals surface area contributed by atoms with E-state index in [1.165, 1.54) is 0 Å². The lowest BCUT2D eigenvalue weighted by Crippen LogP contribution is -2.11. The van der Waals surface area contributed by atoms with E-state index in [9.17, 15) is 22.0 Å². The molecule has 0 bridgehead atoms. The van der Waals surface area contributed by atoms with Gasteiger partial charge in [-0.1, -0.05) is 11.6 Å². The Balaban J connectivity index is 3.36. The first kappa shape index (κ1) is 12.0. The lowest BCUT2D eigenvalue weighted by molar-refractivity contribution is -0.141. The predicted molar refractivity (Wildman–Crippen MR) is 43.6 cm³/mol. The molecule has 1 rings (SSSR count). The van der Waals surface area contributed by atoms with Crippen molar-refractivity contribution in [1.82, 2.24) is 4.98 Å². The molecule has 1 heterocycles. The molecular weight excluding hydrogens is 243 g/mol. The number of hydrogen-bond acceptors (Lipinski definition) is 2. The van der Waals surface area contributed by atoms with Crippen LogP contribution in [-0.2, 0) is 6.18 Å². The van der Waals surface area contributed by atoms with Gasteiger partial charge >= 0.3 is 6.18 Å². The van der Waals surface area contributed by atoms with Crippen LogP contribution in [0.4, 0.5) is 27.6 Å². The first-order valence-corrected chi connectivity index (χ1v) is 3.92. The first-order valence-electron chi connectivity index (χ1n) is 3.54. The molecule has 1 aromatic heterocycles. The maximum absolute atomic E-state index is 12.2.